The van der Waals surface area contributed by atoms with Gasteiger partial charge in [0.15, 0.2) is 0 Å². The van der Waals surface area contributed by atoms with Gasteiger partial charge in [0.1, 0.15) is 5.82 Å². The summed E-state index contributed by atoms with van der Waals surface area (Å²) in [6.07, 6.45) is 1.92. The van der Waals surface area contributed by atoms with Gasteiger partial charge in [0.2, 0.25) is 0 Å². The average molecular weight is 247 g/mol. The van der Waals surface area contributed by atoms with E-state index in [0.29, 0.717) is 12.1 Å². The molecule has 0 atom stereocenters. The Morgan fingerprint density at radius 3 is 2.61 bits per heavy atom. The molecule has 0 aromatic carbocycles. The minimum Gasteiger partial charge on any atom is -0.350 e. The first-order valence-corrected chi connectivity index (χ1v) is 6.61. The monoisotopic (exact) mass is 247 g/mol. The van der Waals surface area contributed by atoms with E-state index >= 15 is 0 Å². The van der Waals surface area contributed by atoms with Crippen LogP contribution in [-0.2, 0) is 6.54 Å². The van der Waals surface area contributed by atoms with Crippen molar-refractivity contribution in [3.8, 4) is 0 Å². The largest absolute Gasteiger partial charge is 0.350 e. The zero-order valence-corrected chi connectivity index (χ0v) is 12.0. The molecule has 1 aromatic heterocycles. The van der Waals surface area contributed by atoms with Gasteiger partial charge in [0, 0.05) is 25.2 Å². The van der Waals surface area contributed by atoms with Crippen LogP contribution in [0, 0.1) is 0 Å². The maximum atomic E-state index is 4.70. The van der Waals surface area contributed by atoms with Gasteiger partial charge in [-0.25, -0.2) is 4.98 Å². The summed E-state index contributed by atoms with van der Waals surface area (Å²) in [5, 5.41) is 3.39. The molecule has 1 heterocycles. The van der Waals surface area contributed by atoms with Crippen LogP contribution in [0.15, 0.2) is 30.9 Å². The molecule has 100 valence electrons. The minimum atomic E-state index is 0.420. The van der Waals surface area contributed by atoms with Crippen LogP contribution in [0.3, 0.4) is 0 Å². The van der Waals surface area contributed by atoms with Crippen molar-refractivity contribution in [2.45, 2.75) is 46.3 Å². The molecule has 3 heteroatoms. The lowest BCUT2D eigenvalue weighted by molar-refractivity contribution is 0.580. The maximum absolute atomic E-state index is 4.70. The van der Waals surface area contributed by atoms with Crippen molar-refractivity contribution in [3.63, 3.8) is 0 Å². The fraction of sp³-hybridized carbons (Fsp3) is 0.533. The summed E-state index contributed by atoms with van der Waals surface area (Å²) >= 11 is 0. The first-order chi connectivity index (χ1) is 8.54. The van der Waals surface area contributed by atoms with Crippen LogP contribution in [-0.4, -0.2) is 23.6 Å². The molecule has 0 saturated heterocycles. The second-order valence-corrected chi connectivity index (χ2v) is 5.06. The van der Waals surface area contributed by atoms with Crippen LogP contribution in [0.25, 0.3) is 0 Å². The number of pyridine rings is 1. The van der Waals surface area contributed by atoms with Gasteiger partial charge >= 0.3 is 0 Å². The summed E-state index contributed by atoms with van der Waals surface area (Å²) in [5.74, 6) is 1.02. The second kappa shape index (κ2) is 7.17. The number of rotatable bonds is 7. The number of hydrogen-bond donors (Lipinski definition) is 1. The molecule has 3 nitrogen and oxygen atoms in total. The van der Waals surface area contributed by atoms with Gasteiger partial charge in [-0.2, -0.15) is 0 Å². The number of nitrogens with one attached hydrogen (secondary N) is 1. The van der Waals surface area contributed by atoms with Gasteiger partial charge in [-0.1, -0.05) is 26.0 Å². The van der Waals surface area contributed by atoms with Gasteiger partial charge in [-0.15, -0.1) is 6.58 Å². The molecule has 0 unspecified atom stereocenters. The van der Waals surface area contributed by atoms with Crippen molar-refractivity contribution in [2.24, 2.45) is 0 Å². The highest BCUT2D eigenvalue weighted by molar-refractivity contribution is 5.41. The summed E-state index contributed by atoms with van der Waals surface area (Å²) in [6, 6.07) is 7.08. The lowest BCUT2D eigenvalue weighted by Gasteiger charge is -2.26. The third-order valence-electron chi connectivity index (χ3n) is 2.73. The van der Waals surface area contributed by atoms with Crippen molar-refractivity contribution >= 4 is 5.82 Å². The highest BCUT2D eigenvalue weighted by Gasteiger charge is 2.10. The van der Waals surface area contributed by atoms with Crippen molar-refractivity contribution in [1.29, 1.82) is 0 Å². The molecule has 0 aliphatic rings. The molecule has 1 rings (SSSR count). The van der Waals surface area contributed by atoms with E-state index in [1.807, 2.05) is 6.08 Å². The predicted octanol–water partition coefficient (Wildman–Crippen LogP) is 2.98. The number of hydrogen-bond acceptors (Lipinski definition) is 3. The maximum Gasteiger partial charge on any atom is 0.129 e. The Kier molecular flexibility index (Phi) is 5.86. The number of anilines is 1. The van der Waals surface area contributed by atoms with E-state index in [-0.39, 0.29) is 0 Å². The molecule has 0 aliphatic carbocycles. The van der Waals surface area contributed by atoms with Gasteiger partial charge in [0.25, 0.3) is 0 Å². The Bertz CT molecular complexity index is 372. The number of aromatic nitrogens is 1. The van der Waals surface area contributed by atoms with E-state index in [0.717, 1.165) is 24.6 Å². The third kappa shape index (κ3) is 4.49. The first kappa shape index (κ1) is 14.7. The summed E-state index contributed by atoms with van der Waals surface area (Å²) < 4.78 is 0. The van der Waals surface area contributed by atoms with E-state index in [2.05, 4.69) is 62.7 Å². The van der Waals surface area contributed by atoms with Crippen molar-refractivity contribution in [1.82, 2.24) is 10.3 Å². The van der Waals surface area contributed by atoms with E-state index in [1.54, 1.807) is 0 Å². The molecule has 0 bridgehead atoms. The molecule has 0 saturated carbocycles. The highest BCUT2D eigenvalue weighted by atomic mass is 15.2. The van der Waals surface area contributed by atoms with E-state index in [4.69, 9.17) is 4.98 Å². The average Bonchev–Trinajstić information content (AvgIpc) is 2.33. The molecular formula is C15H25N3. The van der Waals surface area contributed by atoms with Gasteiger partial charge < -0.3 is 10.2 Å². The molecule has 0 radical (unpaired) electrons. The van der Waals surface area contributed by atoms with Crippen LogP contribution in [0.2, 0.25) is 0 Å². The van der Waals surface area contributed by atoms with Crippen LogP contribution in [0.5, 0.6) is 0 Å². The molecular weight excluding hydrogens is 222 g/mol. The molecule has 1 aromatic rings. The fourth-order valence-corrected chi connectivity index (χ4v) is 1.74. The summed E-state index contributed by atoms with van der Waals surface area (Å²) in [6.45, 7) is 14.1. The van der Waals surface area contributed by atoms with Crippen LogP contribution < -0.4 is 10.2 Å². The zero-order chi connectivity index (χ0) is 13.5. The second-order valence-electron chi connectivity index (χ2n) is 5.06. The van der Waals surface area contributed by atoms with E-state index < -0.39 is 0 Å². The number of nitrogens with zero attached hydrogens (tertiary/aromatic N) is 2. The topological polar surface area (TPSA) is 28.2 Å². The SMILES string of the molecule is C=CCN(c1cccc(CNC(C)C)n1)C(C)C. The normalized spacial score (nSPS) is 11.0. The third-order valence-corrected chi connectivity index (χ3v) is 2.73. The smallest absolute Gasteiger partial charge is 0.129 e. The molecule has 0 amide bonds. The quantitative estimate of drug-likeness (QED) is 0.751. The Morgan fingerprint density at radius 2 is 2.06 bits per heavy atom. The fourth-order valence-electron chi connectivity index (χ4n) is 1.74. The molecule has 0 spiro atoms. The van der Waals surface area contributed by atoms with Crippen LogP contribution in [0.1, 0.15) is 33.4 Å². The van der Waals surface area contributed by atoms with E-state index in [9.17, 15) is 0 Å². The molecule has 0 aliphatic heterocycles. The Hall–Kier alpha value is -1.35. The zero-order valence-electron chi connectivity index (χ0n) is 12.0. The van der Waals surface area contributed by atoms with Gasteiger partial charge in [0.05, 0.1) is 5.69 Å². The van der Waals surface area contributed by atoms with Crippen LogP contribution >= 0.6 is 0 Å². The minimum absolute atomic E-state index is 0.420. The van der Waals surface area contributed by atoms with Crippen molar-refractivity contribution in [3.05, 3.63) is 36.5 Å². The lowest BCUT2D eigenvalue weighted by atomic mass is 10.2. The Morgan fingerprint density at radius 1 is 1.33 bits per heavy atom. The predicted molar refractivity (Wildman–Crippen MR) is 78.9 cm³/mol. The van der Waals surface area contributed by atoms with E-state index in [1.165, 1.54) is 0 Å². The van der Waals surface area contributed by atoms with Gasteiger partial charge in [-0.3, -0.25) is 0 Å². The molecule has 18 heavy (non-hydrogen) atoms. The summed E-state index contributed by atoms with van der Waals surface area (Å²) in [5.41, 5.74) is 1.08. The van der Waals surface area contributed by atoms with Crippen LogP contribution in [0.4, 0.5) is 5.82 Å². The van der Waals surface area contributed by atoms with Crippen molar-refractivity contribution in [2.75, 3.05) is 11.4 Å². The molecule has 1 N–H and O–H groups in total. The Labute approximate surface area is 111 Å². The molecule has 0 fully saturated rings. The van der Waals surface area contributed by atoms with Gasteiger partial charge in [-0.05, 0) is 26.0 Å². The summed E-state index contributed by atoms with van der Waals surface area (Å²) in [7, 11) is 0. The highest BCUT2D eigenvalue weighted by Crippen LogP contribution is 2.14. The lowest BCUT2D eigenvalue weighted by Crippen LogP contribution is -2.32. The Balaban J connectivity index is 2.81. The summed E-state index contributed by atoms with van der Waals surface area (Å²) in [4.78, 5) is 6.94. The van der Waals surface area contributed by atoms with Crippen molar-refractivity contribution < 1.29 is 0 Å². The standard InChI is InChI=1S/C15H25N3/c1-6-10-18(13(4)5)15-9-7-8-14(17-15)11-16-12(2)3/h6-9,12-13,16H,1,10-11H2,2-5H3. The first-order valence-electron chi connectivity index (χ1n) is 6.61.